The number of nitrogens with zero attached hydrogens (tertiary/aromatic N) is 2. The minimum Gasteiger partial charge on any atom is -0.399 e. The molecule has 4 nitrogen and oxygen atoms in total. The molecule has 1 aromatic heterocycles. The van der Waals surface area contributed by atoms with Gasteiger partial charge in [-0.15, -0.1) is 0 Å². The summed E-state index contributed by atoms with van der Waals surface area (Å²) >= 11 is 0. The molecular formula is C14H19N3O. The zero-order valence-electron chi connectivity index (χ0n) is 10.6. The summed E-state index contributed by atoms with van der Waals surface area (Å²) in [6, 6.07) is 5.76. The number of rotatable bonds is 4. The summed E-state index contributed by atoms with van der Waals surface area (Å²) in [5.74, 6) is 2.23. The fourth-order valence-electron chi connectivity index (χ4n) is 2.62. The van der Waals surface area contributed by atoms with Crippen LogP contribution in [0.4, 0.5) is 5.69 Å². The number of hydrogen-bond donors (Lipinski definition) is 2. The molecule has 1 atom stereocenters. The van der Waals surface area contributed by atoms with Gasteiger partial charge in [-0.05, 0) is 42.9 Å². The SMILES string of the molecule is CC(Cn1c(CO)nc2cc(N)ccc21)C1CC1. The molecule has 1 saturated carbocycles. The van der Waals surface area contributed by atoms with Crippen molar-refractivity contribution >= 4 is 16.7 Å². The van der Waals surface area contributed by atoms with Crippen molar-refractivity contribution in [2.75, 3.05) is 5.73 Å². The lowest BCUT2D eigenvalue weighted by atomic mass is 10.1. The van der Waals surface area contributed by atoms with Gasteiger partial charge in [-0.2, -0.15) is 0 Å². The van der Waals surface area contributed by atoms with E-state index in [4.69, 9.17) is 5.73 Å². The van der Waals surface area contributed by atoms with E-state index in [0.717, 1.165) is 29.3 Å². The topological polar surface area (TPSA) is 64.1 Å². The van der Waals surface area contributed by atoms with Gasteiger partial charge in [-0.25, -0.2) is 4.98 Å². The third-order valence-corrected chi connectivity index (χ3v) is 3.89. The minimum absolute atomic E-state index is 0.0219. The van der Waals surface area contributed by atoms with Gasteiger partial charge in [0, 0.05) is 12.2 Å². The van der Waals surface area contributed by atoms with Crippen molar-refractivity contribution in [2.24, 2.45) is 11.8 Å². The maximum absolute atomic E-state index is 9.44. The summed E-state index contributed by atoms with van der Waals surface area (Å²) in [4.78, 5) is 4.46. The van der Waals surface area contributed by atoms with Crippen LogP contribution >= 0.6 is 0 Å². The normalized spacial score (nSPS) is 17.2. The molecule has 1 fully saturated rings. The third kappa shape index (κ3) is 1.97. The summed E-state index contributed by atoms with van der Waals surface area (Å²) in [7, 11) is 0. The maximum atomic E-state index is 9.44. The van der Waals surface area contributed by atoms with Crippen LogP contribution in [-0.4, -0.2) is 14.7 Å². The lowest BCUT2D eigenvalue weighted by Crippen LogP contribution is -2.12. The van der Waals surface area contributed by atoms with Crippen LogP contribution in [0.3, 0.4) is 0 Å². The van der Waals surface area contributed by atoms with Crippen molar-refractivity contribution in [1.29, 1.82) is 0 Å². The smallest absolute Gasteiger partial charge is 0.135 e. The molecule has 4 heteroatoms. The van der Waals surface area contributed by atoms with Crippen LogP contribution in [0, 0.1) is 11.8 Å². The largest absolute Gasteiger partial charge is 0.399 e. The quantitative estimate of drug-likeness (QED) is 0.811. The zero-order chi connectivity index (χ0) is 12.7. The highest BCUT2D eigenvalue weighted by Crippen LogP contribution is 2.38. The van der Waals surface area contributed by atoms with Gasteiger partial charge in [-0.1, -0.05) is 6.92 Å². The second kappa shape index (κ2) is 4.28. The maximum Gasteiger partial charge on any atom is 0.135 e. The number of aliphatic hydroxyl groups excluding tert-OH is 1. The third-order valence-electron chi connectivity index (χ3n) is 3.89. The van der Waals surface area contributed by atoms with Crippen LogP contribution in [0.2, 0.25) is 0 Å². The summed E-state index contributed by atoms with van der Waals surface area (Å²) in [5, 5.41) is 9.44. The van der Waals surface area contributed by atoms with Gasteiger partial charge < -0.3 is 15.4 Å². The van der Waals surface area contributed by atoms with Crippen LogP contribution in [-0.2, 0) is 13.2 Å². The molecule has 1 heterocycles. The Hall–Kier alpha value is -1.55. The molecule has 18 heavy (non-hydrogen) atoms. The van der Waals surface area contributed by atoms with Gasteiger partial charge in [0.15, 0.2) is 0 Å². The molecule has 0 bridgehead atoms. The Labute approximate surface area is 106 Å². The van der Waals surface area contributed by atoms with E-state index >= 15 is 0 Å². The first-order valence-electron chi connectivity index (χ1n) is 6.54. The monoisotopic (exact) mass is 245 g/mol. The van der Waals surface area contributed by atoms with E-state index < -0.39 is 0 Å². The second-order valence-electron chi connectivity index (χ2n) is 5.36. The molecule has 96 valence electrons. The Morgan fingerprint density at radius 2 is 2.28 bits per heavy atom. The number of benzene rings is 1. The van der Waals surface area contributed by atoms with E-state index in [0.29, 0.717) is 11.6 Å². The van der Waals surface area contributed by atoms with Gasteiger partial charge >= 0.3 is 0 Å². The summed E-state index contributed by atoms with van der Waals surface area (Å²) < 4.78 is 2.14. The molecule has 1 aliphatic rings. The Balaban J connectivity index is 2.01. The Kier molecular flexibility index (Phi) is 2.74. The highest BCUT2D eigenvalue weighted by Gasteiger charge is 2.28. The zero-order valence-corrected chi connectivity index (χ0v) is 10.6. The lowest BCUT2D eigenvalue weighted by Gasteiger charge is -2.14. The Morgan fingerprint density at radius 3 is 2.94 bits per heavy atom. The number of nitrogens with two attached hydrogens (primary N) is 1. The molecule has 0 saturated heterocycles. The molecular weight excluding hydrogens is 226 g/mol. The predicted octanol–water partition coefficient (Wildman–Crippen LogP) is 2.16. The fourth-order valence-corrected chi connectivity index (χ4v) is 2.62. The van der Waals surface area contributed by atoms with Crippen LogP contribution in [0.25, 0.3) is 11.0 Å². The molecule has 1 aliphatic carbocycles. The summed E-state index contributed by atoms with van der Waals surface area (Å²) in [6.45, 7) is 3.19. The molecule has 1 aromatic carbocycles. The number of hydrogen-bond acceptors (Lipinski definition) is 3. The standard InChI is InChI=1S/C14H19N3O/c1-9(10-2-3-10)7-17-13-5-4-11(15)6-12(13)16-14(17)8-18/h4-6,9-10,18H,2-3,7-8,15H2,1H3. The number of aromatic nitrogens is 2. The van der Waals surface area contributed by atoms with E-state index in [-0.39, 0.29) is 6.61 Å². The van der Waals surface area contributed by atoms with Crippen molar-refractivity contribution in [1.82, 2.24) is 9.55 Å². The highest BCUT2D eigenvalue weighted by atomic mass is 16.3. The number of imidazole rings is 1. The van der Waals surface area contributed by atoms with Gasteiger partial charge in [0.05, 0.1) is 11.0 Å². The average molecular weight is 245 g/mol. The highest BCUT2D eigenvalue weighted by molar-refractivity contribution is 5.79. The van der Waals surface area contributed by atoms with Crippen molar-refractivity contribution in [2.45, 2.75) is 32.9 Å². The molecule has 2 aromatic rings. The van der Waals surface area contributed by atoms with Crippen molar-refractivity contribution < 1.29 is 5.11 Å². The lowest BCUT2D eigenvalue weighted by molar-refractivity contribution is 0.262. The van der Waals surface area contributed by atoms with Gasteiger partial charge in [-0.3, -0.25) is 0 Å². The van der Waals surface area contributed by atoms with Gasteiger partial charge in [0.1, 0.15) is 12.4 Å². The van der Waals surface area contributed by atoms with E-state index in [2.05, 4.69) is 16.5 Å². The molecule has 3 rings (SSSR count). The van der Waals surface area contributed by atoms with E-state index in [9.17, 15) is 5.11 Å². The summed E-state index contributed by atoms with van der Waals surface area (Å²) in [5.41, 5.74) is 8.43. The second-order valence-corrected chi connectivity index (χ2v) is 5.36. The number of fused-ring (bicyclic) bond motifs is 1. The molecule has 1 unspecified atom stereocenters. The minimum atomic E-state index is -0.0219. The van der Waals surface area contributed by atoms with E-state index in [1.807, 2.05) is 18.2 Å². The Bertz CT molecular complexity index is 572. The van der Waals surface area contributed by atoms with E-state index in [1.54, 1.807) is 0 Å². The predicted molar refractivity (Wildman–Crippen MR) is 72.0 cm³/mol. The van der Waals surface area contributed by atoms with Crippen LogP contribution in [0.1, 0.15) is 25.6 Å². The summed E-state index contributed by atoms with van der Waals surface area (Å²) in [6.07, 6.45) is 2.68. The molecule has 0 aliphatic heterocycles. The molecule has 3 N–H and O–H groups in total. The first-order valence-corrected chi connectivity index (χ1v) is 6.54. The number of anilines is 1. The molecule has 0 radical (unpaired) electrons. The van der Waals surface area contributed by atoms with Crippen LogP contribution < -0.4 is 5.73 Å². The number of nitrogen functional groups attached to an aromatic ring is 1. The van der Waals surface area contributed by atoms with E-state index in [1.165, 1.54) is 12.8 Å². The van der Waals surface area contributed by atoms with Crippen molar-refractivity contribution in [3.05, 3.63) is 24.0 Å². The first kappa shape index (κ1) is 11.5. The van der Waals surface area contributed by atoms with Gasteiger partial charge in [0.2, 0.25) is 0 Å². The van der Waals surface area contributed by atoms with Crippen LogP contribution in [0.15, 0.2) is 18.2 Å². The van der Waals surface area contributed by atoms with Crippen molar-refractivity contribution in [3.8, 4) is 0 Å². The first-order chi connectivity index (χ1) is 8.69. The molecule has 0 spiro atoms. The average Bonchev–Trinajstić information content (AvgIpc) is 3.14. The molecule has 0 amide bonds. The fraction of sp³-hybridized carbons (Fsp3) is 0.500. The Morgan fingerprint density at radius 1 is 1.50 bits per heavy atom. The van der Waals surface area contributed by atoms with Crippen molar-refractivity contribution in [3.63, 3.8) is 0 Å². The van der Waals surface area contributed by atoms with Crippen LogP contribution in [0.5, 0.6) is 0 Å². The number of aliphatic hydroxyl groups is 1. The van der Waals surface area contributed by atoms with Gasteiger partial charge in [0.25, 0.3) is 0 Å².